The third-order valence-electron chi connectivity index (χ3n) is 4.02. The molecule has 24 heavy (non-hydrogen) atoms. The van der Waals surface area contributed by atoms with E-state index in [4.69, 9.17) is 34.0 Å². The molecule has 0 bridgehead atoms. The van der Waals surface area contributed by atoms with Gasteiger partial charge in [0.2, 0.25) is 0 Å². The molecule has 0 radical (unpaired) electrons. The van der Waals surface area contributed by atoms with E-state index in [1.165, 1.54) is 6.07 Å². The number of hydrogen-bond acceptors (Lipinski definition) is 4. The largest absolute Gasteiger partial charge is 0.384 e. The van der Waals surface area contributed by atoms with Crippen molar-refractivity contribution in [3.05, 3.63) is 27.5 Å². The number of nitrogens with two attached hydrogens (primary N) is 1. The van der Waals surface area contributed by atoms with Crippen molar-refractivity contribution in [3.63, 3.8) is 0 Å². The summed E-state index contributed by atoms with van der Waals surface area (Å²) in [6.45, 7) is 1.39. The minimum absolute atomic E-state index is 0.0726. The molecule has 0 spiro atoms. The van der Waals surface area contributed by atoms with Crippen LogP contribution >= 0.6 is 23.2 Å². The first-order chi connectivity index (χ1) is 11.5. The van der Waals surface area contributed by atoms with Gasteiger partial charge in [0, 0.05) is 12.6 Å². The quantitative estimate of drug-likeness (QED) is 0.705. The molecule has 8 heteroatoms. The number of aromatic nitrogens is 2. The van der Waals surface area contributed by atoms with E-state index in [1.807, 2.05) is 4.57 Å². The van der Waals surface area contributed by atoms with Gasteiger partial charge in [0.1, 0.15) is 23.6 Å². The summed E-state index contributed by atoms with van der Waals surface area (Å²) < 4.78 is 1.89. The van der Waals surface area contributed by atoms with E-state index < -0.39 is 5.91 Å². The Balaban J connectivity index is 2.32. The fraction of sp³-hybridized carbons (Fsp3) is 0.375. The van der Waals surface area contributed by atoms with E-state index in [-0.39, 0.29) is 18.3 Å². The SMILES string of the molecule is NC(=O)c1cc(Cl)c2c(Cl)c(C#CCO)n([C@H]3CCCNC3)c2n1. The van der Waals surface area contributed by atoms with Crippen molar-refractivity contribution in [2.45, 2.75) is 18.9 Å². The average Bonchev–Trinajstić information content (AvgIpc) is 2.86. The summed E-state index contributed by atoms with van der Waals surface area (Å²) in [7, 11) is 0. The molecule has 0 unspecified atom stereocenters. The number of carbonyl (C=O) groups is 1. The van der Waals surface area contributed by atoms with Crippen LogP contribution < -0.4 is 11.1 Å². The zero-order valence-corrected chi connectivity index (χ0v) is 14.3. The average molecular weight is 367 g/mol. The lowest BCUT2D eigenvalue weighted by Gasteiger charge is -2.25. The van der Waals surface area contributed by atoms with Crippen LogP contribution in [0.5, 0.6) is 0 Å². The Labute approximate surface area is 148 Å². The van der Waals surface area contributed by atoms with Gasteiger partial charge in [-0.2, -0.15) is 0 Å². The number of aliphatic hydroxyl groups is 1. The highest BCUT2D eigenvalue weighted by atomic mass is 35.5. The van der Waals surface area contributed by atoms with E-state index in [0.29, 0.717) is 26.8 Å². The minimum atomic E-state index is -0.660. The predicted molar refractivity (Wildman–Crippen MR) is 93.4 cm³/mol. The van der Waals surface area contributed by atoms with Crippen molar-refractivity contribution < 1.29 is 9.90 Å². The second-order valence-corrected chi connectivity index (χ2v) is 6.33. The van der Waals surface area contributed by atoms with Crippen molar-refractivity contribution in [1.29, 1.82) is 0 Å². The summed E-state index contributed by atoms with van der Waals surface area (Å²) in [5, 5.41) is 13.6. The molecule has 1 fully saturated rings. The van der Waals surface area contributed by atoms with Gasteiger partial charge in [0.15, 0.2) is 0 Å². The van der Waals surface area contributed by atoms with Crippen LogP contribution in [-0.2, 0) is 0 Å². The highest BCUT2D eigenvalue weighted by Gasteiger charge is 2.26. The lowest BCUT2D eigenvalue weighted by molar-refractivity contribution is 0.0996. The molecule has 2 aromatic heterocycles. The van der Waals surface area contributed by atoms with Gasteiger partial charge < -0.3 is 20.7 Å². The third kappa shape index (κ3) is 2.96. The molecule has 0 aromatic carbocycles. The van der Waals surface area contributed by atoms with Gasteiger partial charge in [-0.1, -0.05) is 29.1 Å². The number of fused-ring (bicyclic) bond motifs is 1. The van der Waals surface area contributed by atoms with Gasteiger partial charge in [-0.15, -0.1) is 0 Å². The molecule has 3 rings (SSSR count). The molecule has 4 N–H and O–H groups in total. The van der Waals surface area contributed by atoms with Gasteiger partial charge >= 0.3 is 0 Å². The van der Waals surface area contributed by atoms with Crippen LogP contribution in [-0.4, -0.2) is 40.3 Å². The number of amides is 1. The molecular formula is C16H16Cl2N4O2. The highest BCUT2D eigenvalue weighted by molar-refractivity contribution is 6.43. The van der Waals surface area contributed by atoms with E-state index in [1.54, 1.807) is 0 Å². The monoisotopic (exact) mass is 366 g/mol. The first kappa shape index (κ1) is 17.1. The molecule has 0 saturated carbocycles. The Kier molecular flexibility index (Phi) is 4.97. The predicted octanol–water partition coefficient (Wildman–Crippen LogP) is 1.71. The van der Waals surface area contributed by atoms with Gasteiger partial charge in [0.25, 0.3) is 5.91 Å². The Morgan fingerprint density at radius 3 is 2.96 bits per heavy atom. The molecule has 0 aliphatic carbocycles. The van der Waals surface area contributed by atoms with Crippen molar-refractivity contribution in [2.75, 3.05) is 19.7 Å². The Hall–Kier alpha value is -1.78. The smallest absolute Gasteiger partial charge is 0.267 e. The molecule has 3 heterocycles. The van der Waals surface area contributed by atoms with Crippen LogP contribution in [0, 0.1) is 11.8 Å². The number of pyridine rings is 1. The normalized spacial score (nSPS) is 17.5. The summed E-state index contributed by atoms with van der Waals surface area (Å²) in [6.07, 6.45) is 1.92. The molecule has 1 aliphatic rings. The molecule has 1 saturated heterocycles. The number of nitrogens with one attached hydrogen (secondary N) is 1. The second-order valence-electron chi connectivity index (χ2n) is 5.54. The molecule has 2 aromatic rings. The lowest BCUT2D eigenvalue weighted by atomic mass is 10.1. The topological polar surface area (TPSA) is 93.2 Å². The summed E-state index contributed by atoms with van der Waals surface area (Å²) >= 11 is 12.8. The van der Waals surface area contributed by atoms with Gasteiger partial charge in [0.05, 0.1) is 15.4 Å². The maximum absolute atomic E-state index is 11.5. The van der Waals surface area contributed by atoms with Crippen LogP contribution in [0.4, 0.5) is 0 Å². The van der Waals surface area contributed by atoms with Crippen molar-refractivity contribution in [2.24, 2.45) is 5.73 Å². The van der Waals surface area contributed by atoms with Crippen LogP contribution in [0.25, 0.3) is 11.0 Å². The van der Waals surface area contributed by atoms with E-state index in [9.17, 15) is 4.79 Å². The number of primary amides is 1. The molecule has 126 valence electrons. The van der Waals surface area contributed by atoms with E-state index in [2.05, 4.69) is 22.1 Å². The van der Waals surface area contributed by atoms with Crippen LogP contribution in [0.2, 0.25) is 10.0 Å². The van der Waals surface area contributed by atoms with Gasteiger partial charge in [-0.25, -0.2) is 4.98 Å². The van der Waals surface area contributed by atoms with E-state index >= 15 is 0 Å². The Morgan fingerprint density at radius 1 is 1.54 bits per heavy atom. The van der Waals surface area contributed by atoms with Crippen molar-refractivity contribution in [3.8, 4) is 11.8 Å². The van der Waals surface area contributed by atoms with Crippen LogP contribution in [0.3, 0.4) is 0 Å². The number of hydrogen-bond donors (Lipinski definition) is 3. The lowest BCUT2D eigenvalue weighted by Crippen LogP contribution is -2.32. The van der Waals surface area contributed by atoms with Crippen LogP contribution in [0.1, 0.15) is 35.1 Å². The number of piperidine rings is 1. The number of carbonyl (C=O) groups excluding carboxylic acids is 1. The van der Waals surface area contributed by atoms with Crippen LogP contribution in [0.15, 0.2) is 6.07 Å². The van der Waals surface area contributed by atoms with Crippen molar-refractivity contribution >= 4 is 40.1 Å². The number of halogens is 2. The third-order valence-corrected chi connectivity index (χ3v) is 4.69. The second kappa shape index (κ2) is 6.99. The first-order valence-corrected chi connectivity index (χ1v) is 8.30. The van der Waals surface area contributed by atoms with Gasteiger partial charge in [-0.3, -0.25) is 4.79 Å². The summed E-state index contributed by atoms with van der Waals surface area (Å²) in [5.74, 6) is 4.84. The Bertz CT molecular complexity index is 861. The molecular weight excluding hydrogens is 351 g/mol. The zero-order chi connectivity index (χ0) is 17.3. The minimum Gasteiger partial charge on any atom is -0.384 e. The fourth-order valence-corrected chi connectivity index (χ4v) is 3.64. The maximum Gasteiger partial charge on any atom is 0.267 e. The number of aliphatic hydroxyl groups excluding tert-OH is 1. The molecule has 1 aliphatic heterocycles. The highest BCUT2D eigenvalue weighted by Crippen LogP contribution is 2.38. The molecule has 1 atom stereocenters. The maximum atomic E-state index is 11.5. The van der Waals surface area contributed by atoms with Crippen molar-refractivity contribution in [1.82, 2.24) is 14.9 Å². The standard InChI is InChI=1S/C16H16Cl2N4O2/c17-10-7-11(15(19)24)21-16-13(10)14(18)12(4-2-6-23)22(16)9-3-1-5-20-8-9/h7,9,20,23H,1,3,5-6,8H2,(H2,19,24)/t9-/m0/s1. The summed E-state index contributed by atoms with van der Waals surface area (Å²) in [4.78, 5) is 15.9. The number of rotatable bonds is 2. The number of nitrogens with zero attached hydrogens (tertiary/aromatic N) is 2. The zero-order valence-electron chi connectivity index (χ0n) is 12.8. The van der Waals surface area contributed by atoms with Gasteiger partial charge in [-0.05, 0) is 31.4 Å². The summed E-state index contributed by atoms with van der Waals surface area (Å²) in [6, 6.07) is 1.48. The fourth-order valence-electron chi connectivity index (χ4n) is 2.98. The molecule has 1 amide bonds. The summed E-state index contributed by atoms with van der Waals surface area (Å²) in [5.41, 5.74) is 6.45. The first-order valence-electron chi connectivity index (χ1n) is 7.54. The molecule has 6 nitrogen and oxygen atoms in total. The van der Waals surface area contributed by atoms with E-state index in [0.717, 1.165) is 25.9 Å². The Morgan fingerprint density at radius 2 is 2.33 bits per heavy atom.